The molecule has 4 rings (SSSR count). The van der Waals surface area contributed by atoms with Gasteiger partial charge in [0.15, 0.2) is 0 Å². The molecule has 0 atom stereocenters. The summed E-state index contributed by atoms with van der Waals surface area (Å²) in [6.45, 7) is 0. The van der Waals surface area contributed by atoms with Gasteiger partial charge in [0.1, 0.15) is 11.3 Å². The molecule has 0 aliphatic heterocycles. The number of aryl methyl sites for hydroxylation is 3. The number of hydrogen-bond acceptors (Lipinski definition) is 3. The highest BCUT2D eigenvalue weighted by Gasteiger charge is 2.22. The van der Waals surface area contributed by atoms with Crippen LogP contribution in [0.3, 0.4) is 0 Å². The minimum Gasteiger partial charge on any atom is -0.396 e. The smallest absolute Gasteiger partial charge is 0.274 e. The normalized spacial score (nSPS) is 14.5. The number of hydrogen-bond donors (Lipinski definition) is 2. The molecule has 3 N–H and O–H groups in total. The Morgan fingerprint density at radius 1 is 1.12 bits per heavy atom. The van der Waals surface area contributed by atoms with Crippen molar-refractivity contribution in [2.24, 2.45) is 7.05 Å². The van der Waals surface area contributed by atoms with Crippen LogP contribution in [-0.2, 0) is 19.9 Å². The fourth-order valence-corrected chi connectivity index (χ4v) is 3.83. The maximum absolute atomic E-state index is 12.8. The standard InChI is InChI=1S/C21H24N4O/c1-25-19(21(26)23-15-10-6-4-7-11-15)18(22)16-13-14-9-5-2-3-8-12-17(14)24-20(16)25/h4,6-7,10-11,13H,2-3,5,8-9,12,22H2,1H3,(H,23,26). The number of amides is 1. The van der Waals surface area contributed by atoms with Gasteiger partial charge in [-0.05, 0) is 49.4 Å². The minimum absolute atomic E-state index is 0.207. The average Bonchev–Trinajstić information content (AvgIpc) is 2.86. The number of anilines is 2. The van der Waals surface area contributed by atoms with Crippen LogP contribution in [0.1, 0.15) is 47.4 Å². The monoisotopic (exact) mass is 348 g/mol. The minimum atomic E-state index is -0.207. The van der Waals surface area contributed by atoms with Gasteiger partial charge in [0, 0.05) is 23.8 Å². The molecule has 2 aromatic heterocycles. The van der Waals surface area contributed by atoms with Crippen LogP contribution >= 0.6 is 0 Å². The summed E-state index contributed by atoms with van der Waals surface area (Å²) in [7, 11) is 1.86. The molecule has 0 spiro atoms. The van der Waals surface area contributed by atoms with Crippen LogP contribution in [0.15, 0.2) is 36.4 Å². The van der Waals surface area contributed by atoms with Gasteiger partial charge in [0.05, 0.1) is 5.69 Å². The quantitative estimate of drug-likeness (QED) is 0.733. The molecule has 1 aliphatic rings. The van der Waals surface area contributed by atoms with Crippen LogP contribution in [0, 0.1) is 0 Å². The van der Waals surface area contributed by atoms with Crippen LogP contribution in [0.2, 0.25) is 0 Å². The third kappa shape index (κ3) is 2.94. The van der Waals surface area contributed by atoms with Crippen molar-refractivity contribution < 1.29 is 4.79 Å². The molecule has 1 aliphatic carbocycles. The number of benzene rings is 1. The van der Waals surface area contributed by atoms with Crippen LogP contribution in [0.4, 0.5) is 11.4 Å². The molecule has 1 aromatic carbocycles. The first kappa shape index (κ1) is 16.6. The van der Waals surface area contributed by atoms with Crippen LogP contribution < -0.4 is 11.1 Å². The lowest BCUT2D eigenvalue weighted by atomic mass is 9.96. The molecular formula is C21H24N4O. The molecule has 0 bridgehead atoms. The molecular weight excluding hydrogens is 324 g/mol. The molecule has 2 heterocycles. The summed E-state index contributed by atoms with van der Waals surface area (Å²) < 4.78 is 1.82. The first-order chi connectivity index (χ1) is 12.6. The number of aromatic nitrogens is 2. The number of pyridine rings is 1. The van der Waals surface area contributed by atoms with Gasteiger partial charge in [0.2, 0.25) is 0 Å². The largest absolute Gasteiger partial charge is 0.396 e. The zero-order valence-corrected chi connectivity index (χ0v) is 15.1. The van der Waals surface area contributed by atoms with Gasteiger partial charge in [-0.25, -0.2) is 4.98 Å². The lowest BCUT2D eigenvalue weighted by Gasteiger charge is -2.13. The van der Waals surface area contributed by atoms with E-state index >= 15 is 0 Å². The van der Waals surface area contributed by atoms with Crippen molar-refractivity contribution in [2.75, 3.05) is 11.1 Å². The van der Waals surface area contributed by atoms with Crippen molar-refractivity contribution in [3.05, 3.63) is 53.3 Å². The Kier molecular flexibility index (Phi) is 4.37. The number of carbonyl (C=O) groups is 1. The summed E-state index contributed by atoms with van der Waals surface area (Å²) in [6.07, 6.45) is 6.94. The van der Waals surface area contributed by atoms with E-state index in [2.05, 4.69) is 11.4 Å². The second-order valence-corrected chi connectivity index (χ2v) is 7.02. The number of nitrogen functional groups attached to an aromatic ring is 1. The number of para-hydroxylation sites is 1. The van der Waals surface area contributed by atoms with Crippen LogP contribution in [-0.4, -0.2) is 15.5 Å². The third-order valence-electron chi connectivity index (χ3n) is 5.23. The van der Waals surface area contributed by atoms with E-state index in [0.717, 1.165) is 35.3 Å². The highest BCUT2D eigenvalue weighted by Crippen LogP contribution is 2.31. The summed E-state index contributed by atoms with van der Waals surface area (Å²) in [5.41, 5.74) is 11.3. The number of rotatable bonds is 2. The van der Waals surface area contributed by atoms with Gasteiger partial charge in [0.25, 0.3) is 5.91 Å². The van der Waals surface area contributed by atoms with Crippen LogP contribution in [0.5, 0.6) is 0 Å². The Morgan fingerprint density at radius 2 is 1.85 bits per heavy atom. The van der Waals surface area contributed by atoms with Crippen molar-refractivity contribution in [3.63, 3.8) is 0 Å². The van der Waals surface area contributed by atoms with Gasteiger partial charge in [-0.1, -0.05) is 31.0 Å². The van der Waals surface area contributed by atoms with Gasteiger partial charge in [-0.3, -0.25) is 4.79 Å². The molecule has 5 heteroatoms. The number of nitrogens with one attached hydrogen (secondary N) is 1. The SMILES string of the molecule is Cn1c(C(=O)Nc2ccccc2)c(N)c2cc3c(nc21)CCCCCC3. The highest BCUT2D eigenvalue weighted by molar-refractivity contribution is 6.12. The zero-order chi connectivity index (χ0) is 18.1. The van der Waals surface area contributed by atoms with Crippen molar-refractivity contribution in [2.45, 2.75) is 38.5 Å². The maximum Gasteiger partial charge on any atom is 0.274 e. The molecule has 0 saturated heterocycles. The lowest BCUT2D eigenvalue weighted by molar-refractivity contribution is 0.102. The van der Waals surface area contributed by atoms with Gasteiger partial charge in [-0.15, -0.1) is 0 Å². The number of fused-ring (bicyclic) bond motifs is 2. The maximum atomic E-state index is 12.8. The topological polar surface area (TPSA) is 72.9 Å². The summed E-state index contributed by atoms with van der Waals surface area (Å²) in [5, 5.41) is 3.80. The molecule has 1 amide bonds. The van der Waals surface area contributed by atoms with E-state index in [4.69, 9.17) is 10.7 Å². The molecule has 5 nitrogen and oxygen atoms in total. The van der Waals surface area contributed by atoms with E-state index in [1.54, 1.807) is 0 Å². The van der Waals surface area contributed by atoms with Gasteiger partial charge >= 0.3 is 0 Å². The first-order valence-corrected chi connectivity index (χ1v) is 9.28. The molecule has 0 unspecified atom stereocenters. The Labute approximate surface area is 153 Å². The molecule has 134 valence electrons. The van der Waals surface area contributed by atoms with Crippen molar-refractivity contribution in [1.29, 1.82) is 0 Å². The summed E-state index contributed by atoms with van der Waals surface area (Å²) in [4.78, 5) is 17.7. The fraction of sp³-hybridized carbons (Fsp3) is 0.333. The fourth-order valence-electron chi connectivity index (χ4n) is 3.83. The Bertz CT molecular complexity index is 908. The Balaban J connectivity index is 1.77. The zero-order valence-electron chi connectivity index (χ0n) is 15.1. The van der Waals surface area contributed by atoms with E-state index in [1.807, 2.05) is 41.9 Å². The predicted molar refractivity (Wildman–Crippen MR) is 105 cm³/mol. The predicted octanol–water partition coefficient (Wildman–Crippen LogP) is 4.07. The molecule has 0 fully saturated rings. The molecule has 26 heavy (non-hydrogen) atoms. The summed E-state index contributed by atoms with van der Waals surface area (Å²) in [6, 6.07) is 11.6. The van der Waals surface area contributed by atoms with Gasteiger partial charge < -0.3 is 15.6 Å². The molecule has 3 aromatic rings. The van der Waals surface area contributed by atoms with Gasteiger partial charge in [-0.2, -0.15) is 0 Å². The number of nitrogens with zero attached hydrogens (tertiary/aromatic N) is 2. The average molecular weight is 348 g/mol. The van der Waals surface area contributed by atoms with Crippen LogP contribution in [0.25, 0.3) is 11.0 Å². The van der Waals surface area contributed by atoms with E-state index < -0.39 is 0 Å². The second kappa shape index (κ2) is 6.83. The van der Waals surface area contributed by atoms with E-state index in [9.17, 15) is 4.79 Å². The highest BCUT2D eigenvalue weighted by atomic mass is 16.2. The number of carbonyl (C=O) groups excluding carboxylic acids is 1. The van der Waals surface area contributed by atoms with Crippen molar-refractivity contribution >= 4 is 28.3 Å². The number of nitrogens with two attached hydrogens (primary N) is 1. The summed E-state index contributed by atoms with van der Waals surface area (Å²) in [5.74, 6) is -0.207. The van der Waals surface area contributed by atoms with E-state index in [0.29, 0.717) is 11.4 Å². The van der Waals surface area contributed by atoms with Crippen molar-refractivity contribution in [1.82, 2.24) is 9.55 Å². The molecule has 0 radical (unpaired) electrons. The van der Waals surface area contributed by atoms with E-state index in [1.165, 1.54) is 31.2 Å². The first-order valence-electron chi connectivity index (χ1n) is 9.28. The van der Waals surface area contributed by atoms with Crippen molar-refractivity contribution in [3.8, 4) is 0 Å². The lowest BCUT2D eigenvalue weighted by Crippen LogP contribution is -2.17. The third-order valence-corrected chi connectivity index (χ3v) is 5.23. The molecule has 0 saturated carbocycles. The second-order valence-electron chi connectivity index (χ2n) is 7.02. The summed E-state index contributed by atoms with van der Waals surface area (Å²) >= 11 is 0. The Morgan fingerprint density at radius 3 is 2.62 bits per heavy atom. The Hall–Kier alpha value is -2.82. The van der Waals surface area contributed by atoms with E-state index in [-0.39, 0.29) is 5.91 Å².